The van der Waals surface area contributed by atoms with E-state index in [2.05, 4.69) is 14.7 Å². The third-order valence-corrected chi connectivity index (χ3v) is 4.58. The molecule has 0 amide bonds. The molecule has 0 radical (unpaired) electrons. The smallest absolute Gasteiger partial charge is 0.241 e. The molecule has 0 aliphatic heterocycles. The second-order valence-electron chi connectivity index (χ2n) is 4.59. The Kier molecular flexibility index (Phi) is 3.73. The number of H-pyrrole nitrogens is 1. The number of aromatic nitrogens is 2. The van der Waals surface area contributed by atoms with Gasteiger partial charge in [-0.3, -0.25) is 0 Å². The Labute approximate surface area is 113 Å². The van der Waals surface area contributed by atoms with Crippen molar-refractivity contribution in [3.05, 3.63) is 47.5 Å². The van der Waals surface area contributed by atoms with Crippen LogP contribution in [0.2, 0.25) is 0 Å². The van der Waals surface area contributed by atoms with E-state index in [9.17, 15) is 8.42 Å². The minimum absolute atomic E-state index is 0.311. The van der Waals surface area contributed by atoms with Crippen molar-refractivity contribution in [2.24, 2.45) is 0 Å². The first kappa shape index (κ1) is 13.8. The fourth-order valence-corrected chi connectivity index (χ4v) is 3.40. The fourth-order valence-electron chi connectivity index (χ4n) is 1.86. The van der Waals surface area contributed by atoms with Gasteiger partial charge in [0.2, 0.25) is 10.0 Å². The highest BCUT2D eigenvalue weighted by Crippen LogP contribution is 2.19. The van der Waals surface area contributed by atoms with Crippen molar-refractivity contribution in [2.45, 2.75) is 31.7 Å². The van der Waals surface area contributed by atoms with Crippen LogP contribution in [0.15, 0.2) is 35.5 Å². The number of sulfonamides is 1. The number of imidazole rings is 1. The van der Waals surface area contributed by atoms with E-state index in [1.165, 1.54) is 0 Å². The highest BCUT2D eigenvalue weighted by atomic mass is 32.2. The molecule has 0 bridgehead atoms. The maximum Gasteiger partial charge on any atom is 0.241 e. The summed E-state index contributed by atoms with van der Waals surface area (Å²) in [4.78, 5) is 7.26. The third kappa shape index (κ3) is 3.02. The van der Waals surface area contributed by atoms with Gasteiger partial charge in [-0.15, -0.1) is 0 Å². The summed E-state index contributed by atoms with van der Waals surface area (Å²) in [7, 11) is -3.55. The number of nitrogens with one attached hydrogen (secondary N) is 2. The van der Waals surface area contributed by atoms with Crippen molar-refractivity contribution in [3.63, 3.8) is 0 Å². The molecule has 2 aromatic rings. The SMILES string of the molecule is Cc1ccc(C)c(S(=O)(=O)NC(C)c2ncc[nH]2)c1. The summed E-state index contributed by atoms with van der Waals surface area (Å²) >= 11 is 0. The van der Waals surface area contributed by atoms with Crippen molar-refractivity contribution < 1.29 is 8.42 Å². The second kappa shape index (κ2) is 5.14. The number of nitrogens with zero attached hydrogens (tertiary/aromatic N) is 1. The Morgan fingerprint density at radius 3 is 2.68 bits per heavy atom. The van der Waals surface area contributed by atoms with Crippen LogP contribution >= 0.6 is 0 Å². The van der Waals surface area contributed by atoms with E-state index in [1.54, 1.807) is 38.4 Å². The molecule has 1 heterocycles. The van der Waals surface area contributed by atoms with Crippen LogP contribution in [0.25, 0.3) is 0 Å². The Bertz CT molecular complexity index is 663. The van der Waals surface area contributed by atoms with Gasteiger partial charge in [-0.25, -0.2) is 18.1 Å². The summed E-state index contributed by atoms with van der Waals surface area (Å²) in [5, 5.41) is 0. The molecule has 0 saturated carbocycles. The van der Waals surface area contributed by atoms with Crippen molar-refractivity contribution >= 4 is 10.0 Å². The van der Waals surface area contributed by atoms with Crippen LogP contribution in [-0.2, 0) is 10.0 Å². The molecule has 0 spiro atoms. The van der Waals surface area contributed by atoms with E-state index >= 15 is 0 Å². The number of hydrogen-bond acceptors (Lipinski definition) is 3. The van der Waals surface area contributed by atoms with Gasteiger partial charge in [0, 0.05) is 12.4 Å². The van der Waals surface area contributed by atoms with Gasteiger partial charge in [0.05, 0.1) is 10.9 Å². The van der Waals surface area contributed by atoms with Crippen LogP contribution in [0.4, 0.5) is 0 Å². The third-order valence-electron chi connectivity index (χ3n) is 2.89. The molecule has 5 nitrogen and oxygen atoms in total. The zero-order valence-electron chi connectivity index (χ0n) is 11.1. The van der Waals surface area contributed by atoms with Crippen LogP contribution in [-0.4, -0.2) is 18.4 Å². The van der Waals surface area contributed by atoms with Gasteiger partial charge in [0.1, 0.15) is 5.82 Å². The van der Waals surface area contributed by atoms with Gasteiger partial charge in [-0.1, -0.05) is 12.1 Å². The van der Waals surface area contributed by atoms with E-state index < -0.39 is 16.1 Å². The van der Waals surface area contributed by atoms with Gasteiger partial charge in [-0.05, 0) is 38.0 Å². The zero-order chi connectivity index (χ0) is 14.0. The fraction of sp³-hybridized carbons (Fsp3) is 0.308. The molecule has 1 atom stereocenters. The maximum absolute atomic E-state index is 12.4. The summed E-state index contributed by atoms with van der Waals surface area (Å²) in [5.41, 5.74) is 1.64. The second-order valence-corrected chi connectivity index (χ2v) is 6.27. The van der Waals surface area contributed by atoms with Gasteiger partial charge in [0.15, 0.2) is 0 Å². The molecule has 2 rings (SSSR count). The predicted molar refractivity (Wildman–Crippen MR) is 73.2 cm³/mol. The Morgan fingerprint density at radius 1 is 1.32 bits per heavy atom. The Balaban J connectivity index is 2.30. The number of aromatic amines is 1. The number of hydrogen-bond donors (Lipinski definition) is 2. The number of rotatable bonds is 4. The van der Waals surface area contributed by atoms with E-state index in [4.69, 9.17) is 0 Å². The molecule has 0 saturated heterocycles. The molecular formula is C13H17N3O2S. The summed E-state index contributed by atoms with van der Waals surface area (Å²) < 4.78 is 27.3. The minimum Gasteiger partial charge on any atom is -0.347 e. The lowest BCUT2D eigenvalue weighted by molar-refractivity contribution is 0.560. The largest absolute Gasteiger partial charge is 0.347 e. The van der Waals surface area contributed by atoms with E-state index in [1.807, 2.05) is 13.0 Å². The van der Waals surface area contributed by atoms with E-state index in [0.29, 0.717) is 10.7 Å². The monoisotopic (exact) mass is 279 g/mol. The highest BCUT2D eigenvalue weighted by molar-refractivity contribution is 7.89. The van der Waals surface area contributed by atoms with Crippen molar-refractivity contribution in [1.82, 2.24) is 14.7 Å². The molecule has 0 aliphatic rings. The molecule has 0 fully saturated rings. The first-order chi connectivity index (χ1) is 8.90. The normalized spacial score (nSPS) is 13.4. The van der Waals surface area contributed by atoms with Crippen molar-refractivity contribution in [2.75, 3.05) is 0 Å². The molecule has 1 aromatic carbocycles. The van der Waals surface area contributed by atoms with Crippen molar-refractivity contribution in [3.8, 4) is 0 Å². The van der Waals surface area contributed by atoms with Crippen molar-refractivity contribution in [1.29, 1.82) is 0 Å². The number of benzene rings is 1. The standard InChI is InChI=1S/C13H17N3O2S/c1-9-4-5-10(2)12(8-9)19(17,18)16-11(3)13-14-6-7-15-13/h4-8,11,16H,1-3H3,(H,14,15). The lowest BCUT2D eigenvalue weighted by atomic mass is 10.2. The van der Waals surface area contributed by atoms with E-state index in [0.717, 1.165) is 11.1 Å². The Hall–Kier alpha value is -1.66. The van der Waals surface area contributed by atoms with Crippen LogP contribution in [0, 0.1) is 13.8 Å². The first-order valence-electron chi connectivity index (χ1n) is 5.99. The van der Waals surface area contributed by atoms with Crippen LogP contribution < -0.4 is 4.72 Å². The Morgan fingerprint density at radius 2 is 2.05 bits per heavy atom. The molecule has 1 unspecified atom stereocenters. The maximum atomic E-state index is 12.4. The van der Waals surface area contributed by atoms with Crippen LogP contribution in [0.1, 0.15) is 29.9 Å². The lowest BCUT2D eigenvalue weighted by Crippen LogP contribution is -2.28. The molecule has 6 heteroatoms. The average Bonchev–Trinajstić information content (AvgIpc) is 2.85. The summed E-state index contributed by atoms with van der Waals surface area (Å²) in [6.07, 6.45) is 3.26. The molecule has 0 aliphatic carbocycles. The summed E-state index contributed by atoms with van der Waals surface area (Å²) in [5.74, 6) is 0.592. The highest BCUT2D eigenvalue weighted by Gasteiger charge is 2.21. The molecule has 102 valence electrons. The summed E-state index contributed by atoms with van der Waals surface area (Å²) in [6, 6.07) is 4.97. The van der Waals surface area contributed by atoms with Gasteiger partial charge < -0.3 is 4.98 Å². The number of aryl methyl sites for hydroxylation is 2. The van der Waals surface area contributed by atoms with Crippen LogP contribution in [0.3, 0.4) is 0 Å². The summed E-state index contributed by atoms with van der Waals surface area (Å²) in [6.45, 7) is 5.40. The average molecular weight is 279 g/mol. The molecular weight excluding hydrogens is 262 g/mol. The first-order valence-corrected chi connectivity index (χ1v) is 7.47. The molecule has 19 heavy (non-hydrogen) atoms. The quantitative estimate of drug-likeness (QED) is 0.899. The zero-order valence-corrected chi connectivity index (χ0v) is 12.0. The lowest BCUT2D eigenvalue weighted by Gasteiger charge is -2.14. The van der Waals surface area contributed by atoms with Gasteiger partial charge in [-0.2, -0.15) is 0 Å². The van der Waals surface area contributed by atoms with Crippen LogP contribution in [0.5, 0.6) is 0 Å². The van der Waals surface area contributed by atoms with Gasteiger partial charge in [0.25, 0.3) is 0 Å². The topological polar surface area (TPSA) is 74.8 Å². The molecule has 2 N–H and O–H groups in total. The predicted octanol–water partition coefficient (Wildman–Crippen LogP) is 2.07. The van der Waals surface area contributed by atoms with Gasteiger partial charge >= 0.3 is 0 Å². The van der Waals surface area contributed by atoms with E-state index in [-0.39, 0.29) is 0 Å². The molecule has 1 aromatic heterocycles. The minimum atomic E-state index is -3.55.